The van der Waals surface area contributed by atoms with E-state index in [4.69, 9.17) is 45.2 Å². The standard InChI is InChI=1S/C19H15Cl2N3O3S2.C2H3N/c1-11-15(17(23-27-11)16-13(20)9-6-10-14(16)21)18(25)22-19(28)24-29(2,26)12-7-4-3-5-8-12;1-2-3/h3-10H,1-2H3,(H,22,25,28);1H3. The number of hydrogen-bond donors (Lipinski definition) is 1. The summed E-state index contributed by atoms with van der Waals surface area (Å²) in [4.78, 5) is 13.3. The van der Waals surface area contributed by atoms with Crippen molar-refractivity contribution in [2.75, 3.05) is 6.26 Å². The highest BCUT2D eigenvalue weighted by molar-refractivity contribution is 7.94. The highest BCUT2D eigenvalue weighted by Gasteiger charge is 2.25. The highest BCUT2D eigenvalue weighted by Crippen LogP contribution is 2.36. The van der Waals surface area contributed by atoms with Crippen molar-refractivity contribution < 1.29 is 13.5 Å². The second kappa shape index (κ2) is 11.2. The van der Waals surface area contributed by atoms with Crippen LogP contribution in [-0.2, 0) is 9.73 Å². The molecule has 3 aromatic rings. The number of aromatic nitrogens is 1. The second-order valence-electron chi connectivity index (χ2n) is 6.25. The van der Waals surface area contributed by atoms with Crippen molar-refractivity contribution in [3.05, 3.63) is 69.9 Å². The van der Waals surface area contributed by atoms with Crippen molar-refractivity contribution in [1.29, 1.82) is 5.26 Å². The molecule has 0 aliphatic rings. The van der Waals surface area contributed by atoms with Gasteiger partial charge in [0.2, 0.25) is 5.11 Å². The Labute approximate surface area is 201 Å². The molecular formula is C21H18Cl2N4O3S2. The van der Waals surface area contributed by atoms with E-state index < -0.39 is 15.6 Å². The van der Waals surface area contributed by atoms with Crippen LogP contribution in [0.15, 0.2) is 62.3 Å². The van der Waals surface area contributed by atoms with Crippen LogP contribution >= 0.6 is 35.4 Å². The molecule has 1 unspecified atom stereocenters. The monoisotopic (exact) mass is 508 g/mol. The van der Waals surface area contributed by atoms with Crippen LogP contribution in [0.1, 0.15) is 23.0 Å². The molecule has 0 saturated carbocycles. The van der Waals surface area contributed by atoms with Crippen molar-refractivity contribution >= 4 is 56.2 Å². The fraction of sp³-hybridized carbons (Fsp3) is 0.143. The zero-order valence-corrected chi connectivity index (χ0v) is 20.4. The average Bonchev–Trinajstić information content (AvgIpc) is 3.10. The van der Waals surface area contributed by atoms with E-state index >= 15 is 0 Å². The number of hydrogen-bond acceptors (Lipinski definition) is 6. The van der Waals surface area contributed by atoms with Crippen LogP contribution in [-0.4, -0.2) is 26.6 Å². The van der Waals surface area contributed by atoms with Crippen LogP contribution in [0.25, 0.3) is 11.3 Å². The molecule has 0 aliphatic heterocycles. The van der Waals surface area contributed by atoms with Gasteiger partial charge < -0.3 is 4.52 Å². The van der Waals surface area contributed by atoms with E-state index in [-0.39, 0.29) is 22.1 Å². The molecule has 7 nitrogen and oxygen atoms in total. The highest BCUT2D eigenvalue weighted by atomic mass is 35.5. The van der Waals surface area contributed by atoms with Gasteiger partial charge in [0.1, 0.15) is 17.0 Å². The minimum Gasteiger partial charge on any atom is -0.360 e. The van der Waals surface area contributed by atoms with Gasteiger partial charge in [0.15, 0.2) is 0 Å². The smallest absolute Gasteiger partial charge is 0.263 e. The molecule has 0 bridgehead atoms. The predicted molar refractivity (Wildman–Crippen MR) is 129 cm³/mol. The number of nitriles is 1. The van der Waals surface area contributed by atoms with Crippen LogP contribution in [0.3, 0.4) is 0 Å². The topological polar surface area (TPSA) is 108 Å². The summed E-state index contributed by atoms with van der Waals surface area (Å²) in [6.07, 6.45) is 1.44. The number of carbonyl (C=O) groups excluding carboxylic acids is 1. The molecule has 11 heteroatoms. The van der Waals surface area contributed by atoms with Crippen LogP contribution in [0.5, 0.6) is 0 Å². The van der Waals surface area contributed by atoms with Crippen LogP contribution < -0.4 is 5.32 Å². The van der Waals surface area contributed by atoms with Crippen molar-refractivity contribution in [3.63, 3.8) is 0 Å². The van der Waals surface area contributed by atoms with E-state index in [0.717, 1.165) is 0 Å². The van der Waals surface area contributed by atoms with E-state index in [9.17, 15) is 9.00 Å². The molecule has 1 N–H and O–H groups in total. The molecule has 0 saturated heterocycles. The van der Waals surface area contributed by atoms with Gasteiger partial charge in [-0.1, -0.05) is 52.6 Å². The minimum atomic E-state index is -2.82. The molecule has 1 atom stereocenters. The van der Waals surface area contributed by atoms with Gasteiger partial charge in [0, 0.05) is 23.6 Å². The van der Waals surface area contributed by atoms with Gasteiger partial charge in [-0.2, -0.15) is 9.62 Å². The Bertz CT molecular complexity index is 1290. The second-order valence-corrected chi connectivity index (χ2v) is 9.71. The van der Waals surface area contributed by atoms with Crippen LogP contribution in [0, 0.1) is 18.3 Å². The lowest BCUT2D eigenvalue weighted by molar-refractivity contribution is 0.0976. The molecule has 0 aliphatic carbocycles. The Kier molecular flexibility index (Phi) is 8.92. The van der Waals surface area contributed by atoms with Gasteiger partial charge in [-0.05, 0) is 43.4 Å². The summed E-state index contributed by atoms with van der Waals surface area (Å²) in [6.45, 7) is 3.00. The average molecular weight is 509 g/mol. The summed E-state index contributed by atoms with van der Waals surface area (Å²) in [7, 11) is -2.82. The summed E-state index contributed by atoms with van der Waals surface area (Å²) in [5.74, 6) is -0.372. The van der Waals surface area contributed by atoms with E-state index in [0.29, 0.717) is 20.5 Å². The lowest BCUT2D eigenvalue weighted by Crippen LogP contribution is -2.29. The fourth-order valence-corrected chi connectivity index (χ4v) is 4.83. The Morgan fingerprint density at radius 2 is 1.75 bits per heavy atom. The lowest BCUT2D eigenvalue weighted by Gasteiger charge is -2.08. The third-order valence-corrected chi connectivity index (χ3v) is 6.56. The first kappa shape index (κ1) is 25.5. The lowest BCUT2D eigenvalue weighted by atomic mass is 10.1. The summed E-state index contributed by atoms with van der Waals surface area (Å²) < 4.78 is 22.0. The fourth-order valence-electron chi connectivity index (χ4n) is 2.60. The summed E-state index contributed by atoms with van der Waals surface area (Å²) in [6, 6.07) is 15.3. The molecule has 166 valence electrons. The number of rotatable bonds is 3. The number of nitrogens with zero attached hydrogens (tertiary/aromatic N) is 3. The Morgan fingerprint density at radius 1 is 1.19 bits per heavy atom. The van der Waals surface area contributed by atoms with Gasteiger partial charge in [-0.25, -0.2) is 4.21 Å². The quantitative estimate of drug-likeness (QED) is 0.457. The molecule has 3 rings (SSSR count). The summed E-state index contributed by atoms with van der Waals surface area (Å²) >= 11 is 17.6. The van der Waals surface area contributed by atoms with E-state index in [1.807, 2.05) is 0 Å². The normalized spacial score (nSPS) is 11.9. The Morgan fingerprint density at radius 3 is 2.31 bits per heavy atom. The molecule has 1 heterocycles. The Hall–Kier alpha value is -2.77. The largest absolute Gasteiger partial charge is 0.360 e. The first-order valence-electron chi connectivity index (χ1n) is 8.96. The number of nitrogens with one attached hydrogen (secondary N) is 1. The Balaban J connectivity index is 0.00000114. The van der Waals surface area contributed by atoms with E-state index in [2.05, 4.69) is 14.8 Å². The van der Waals surface area contributed by atoms with Crippen molar-refractivity contribution in [3.8, 4) is 17.3 Å². The summed E-state index contributed by atoms with van der Waals surface area (Å²) in [5.41, 5.74) is 0.655. The van der Waals surface area contributed by atoms with E-state index in [1.54, 1.807) is 61.5 Å². The van der Waals surface area contributed by atoms with Gasteiger partial charge in [-0.15, -0.1) is 0 Å². The first-order valence-corrected chi connectivity index (χ1v) is 12.0. The molecule has 1 amide bonds. The van der Waals surface area contributed by atoms with Crippen LogP contribution in [0.4, 0.5) is 0 Å². The zero-order valence-electron chi connectivity index (χ0n) is 17.3. The van der Waals surface area contributed by atoms with Crippen molar-refractivity contribution in [2.45, 2.75) is 18.7 Å². The number of carbonyl (C=O) groups is 1. The minimum absolute atomic E-state index is 0.111. The number of halogens is 2. The van der Waals surface area contributed by atoms with Gasteiger partial charge >= 0.3 is 0 Å². The molecule has 0 radical (unpaired) electrons. The summed E-state index contributed by atoms with van der Waals surface area (Å²) in [5, 5.41) is 14.1. The SMILES string of the molecule is CC#N.Cc1onc(-c2c(Cl)cccc2Cl)c1C(=O)NC(=S)N=S(C)(=O)c1ccccc1. The molecule has 0 spiro atoms. The molecule has 2 aromatic carbocycles. The number of aryl methyl sites for hydroxylation is 1. The van der Waals surface area contributed by atoms with E-state index in [1.165, 1.54) is 13.2 Å². The maximum atomic E-state index is 12.8. The first-order chi connectivity index (χ1) is 15.1. The number of thiocarbonyl (C=S) groups is 1. The number of benzene rings is 2. The van der Waals surface area contributed by atoms with Crippen LogP contribution in [0.2, 0.25) is 10.0 Å². The van der Waals surface area contributed by atoms with Crippen molar-refractivity contribution in [1.82, 2.24) is 10.5 Å². The van der Waals surface area contributed by atoms with Crippen molar-refractivity contribution in [2.24, 2.45) is 4.36 Å². The van der Waals surface area contributed by atoms with Gasteiger partial charge in [-0.3, -0.25) is 10.1 Å². The molecule has 1 aromatic heterocycles. The third kappa shape index (κ3) is 6.14. The third-order valence-electron chi connectivity index (χ3n) is 3.95. The maximum absolute atomic E-state index is 12.8. The van der Waals surface area contributed by atoms with Gasteiger partial charge in [0.05, 0.1) is 25.8 Å². The maximum Gasteiger partial charge on any atom is 0.263 e. The zero-order chi connectivity index (χ0) is 23.9. The number of amides is 1. The molecular weight excluding hydrogens is 491 g/mol. The predicted octanol–water partition coefficient (Wildman–Crippen LogP) is 5.66. The molecule has 32 heavy (non-hydrogen) atoms. The van der Waals surface area contributed by atoms with Gasteiger partial charge in [0.25, 0.3) is 5.91 Å². The molecule has 0 fully saturated rings.